The van der Waals surface area contributed by atoms with E-state index in [0.29, 0.717) is 22.3 Å². The molecule has 0 bridgehead atoms. The molecule has 1 N–H and O–H groups in total. The van der Waals surface area contributed by atoms with Gasteiger partial charge < -0.3 is 5.32 Å². The number of nitrogens with zero attached hydrogens (tertiary/aromatic N) is 1. The number of nitro benzene ring substituents is 1. The summed E-state index contributed by atoms with van der Waals surface area (Å²) in [6.07, 6.45) is 0. The standard InChI is InChI=1S/C13H9Cl2FN2O2/c14-9-2-1-8(13(15)3-9)7-17-11-4-10(16)5-12(6-11)18(19)20/h1-6,17H,7H2. The van der Waals surface area contributed by atoms with Crippen LogP contribution in [0.1, 0.15) is 5.56 Å². The molecule has 0 aliphatic carbocycles. The van der Waals surface area contributed by atoms with Gasteiger partial charge in [0.15, 0.2) is 0 Å². The van der Waals surface area contributed by atoms with Gasteiger partial charge in [-0.2, -0.15) is 0 Å². The number of nitro groups is 1. The van der Waals surface area contributed by atoms with Crippen LogP contribution in [0.5, 0.6) is 0 Å². The second-order valence-electron chi connectivity index (χ2n) is 4.04. The van der Waals surface area contributed by atoms with Gasteiger partial charge in [0.2, 0.25) is 0 Å². The lowest BCUT2D eigenvalue weighted by molar-refractivity contribution is -0.385. The summed E-state index contributed by atoms with van der Waals surface area (Å²) >= 11 is 11.8. The van der Waals surface area contributed by atoms with Crippen LogP contribution in [-0.4, -0.2) is 4.92 Å². The van der Waals surface area contributed by atoms with E-state index < -0.39 is 10.7 Å². The third-order valence-corrected chi connectivity index (χ3v) is 3.18. The first-order valence-corrected chi connectivity index (χ1v) is 6.34. The molecule has 0 atom stereocenters. The molecule has 4 nitrogen and oxygen atoms in total. The molecule has 7 heteroatoms. The third-order valence-electron chi connectivity index (χ3n) is 2.59. The molecule has 0 radical (unpaired) electrons. The number of hydrogen-bond acceptors (Lipinski definition) is 3. The summed E-state index contributed by atoms with van der Waals surface area (Å²) < 4.78 is 13.3. The van der Waals surface area contributed by atoms with Gasteiger partial charge in [-0.3, -0.25) is 10.1 Å². The minimum absolute atomic E-state index is 0.302. The fourth-order valence-corrected chi connectivity index (χ4v) is 2.12. The van der Waals surface area contributed by atoms with Crippen molar-refractivity contribution >= 4 is 34.6 Å². The van der Waals surface area contributed by atoms with Crippen molar-refractivity contribution in [1.82, 2.24) is 0 Å². The summed E-state index contributed by atoms with van der Waals surface area (Å²) in [6, 6.07) is 8.29. The van der Waals surface area contributed by atoms with Crippen molar-refractivity contribution in [3.05, 3.63) is 67.9 Å². The van der Waals surface area contributed by atoms with Gasteiger partial charge in [0.05, 0.1) is 11.0 Å². The van der Waals surface area contributed by atoms with E-state index in [4.69, 9.17) is 23.2 Å². The number of nitrogens with one attached hydrogen (secondary N) is 1. The number of benzene rings is 2. The van der Waals surface area contributed by atoms with Gasteiger partial charge in [-0.25, -0.2) is 4.39 Å². The zero-order chi connectivity index (χ0) is 14.7. The van der Waals surface area contributed by atoms with E-state index in [9.17, 15) is 14.5 Å². The Labute approximate surface area is 124 Å². The maximum Gasteiger partial charge on any atom is 0.274 e. The molecule has 20 heavy (non-hydrogen) atoms. The van der Waals surface area contributed by atoms with Crippen molar-refractivity contribution in [2.75, 3.05) is 5.32 Å². The summed E-state index contributed by atoms with van der Waals surface area (Å²) in [6.45, 7) is 0.302. The highest BCUT2D eigenvalue weighted by molar-refractivity contribution is 6.35. The molecular weight excluding hydrogens is 306 g/mol. The van der Waals surface area contributed by atoms with Gasteiger partial charge in [-0.15, -0.1) is 0 Å². The predicted molar refractivity (Wildman–Crippen MR) is 76.8 cm³/mol. The topological polar surface area (TPSA) is 55.2 Å². The Bertz CT molecular complexity index is 665. The second-order valence-corrected chi connectivity index (χ2v) is 4.89. The average Bonchev–Trinajstić information content (AvgIpc) is 2.37. The smallest absolute Gasteiger partial charge is 0.274 e. The molecule has 0 aromatic heterocycles. The molecule has 0 unspecified atom stereocenters. The predicted octanol–water partition coefficient (Wildman–Crippen LogP) is 4.65. The zero-order valence-electron chi connectivity index (χ0n) is 10.1. The van der Waals surface area contributed by atoms with Crippen molar-refractivity contribution in [3.8, 4) is 0 Å². The monoisotopic (exact) mass is 314 g/mol. The zero-order valence-corrected chi connectivity index (χ0v) is 11.6. The minimum atomic E-state index is -0.677. The van der Waals surface area contributed by atoms with E-state index in [1.54, 1.807) is 18.2 Å². The lowest BCUT2D eigenvalue weighted by atomic mass is 10.2. The van der Waals surface area contributed by atoms with E-state index in [-0.39, 0.29) is 5.69 Å². The number of rotatable bonds is 4. The quantitative estimate of drug-likeness (QED) is 0.660. The molecule has 2 aromatic rings. The number of halogens is 3. The van der Waals surface area contributed by atoms with E-state index in [2.05, 4.69) is 5.32 Å². The van der Waals surface area contributed by atoms with Crippen molar-refractivity contribution in [2.45, 2.75) is 6.54 Å². The first-order chi connectivity index (χ1) is 9.45. The third kappa shape index (κ3) is 3.59. The Kier molecular flexibility index (Phi) is 4.42. The van der Waals surface area contributed by atoms with Crippen LogP contribution in [0.2, 0.25) is 10.0 Å². The normalized spacial score (nSPS) is 10.3. The number of non-ortho nitro benzene ring substituents is 1. The molecule has 0 saturated heterocycles. The molecule has 0 spiro atoms. The summed E-state index contributed by atoms with van der Waals surface area (Å²) in [7, 11) is 0. The van der Waals surface area contributed by atoms with Gasteiger partial charge in [-0.05, 0) is 23.8 Å². The molecule has 0 amide bonds. The van der Waals surface area contributed by atoms with Crippen LogP contribution >= 0.6 is 23.2 Å². The average molecular weight is 315 g/mol. The Hall–Kier alpha value is -1.85. The summed E-state index contributed by atoms with van der Waals surface area (Å²) in [5.74, 6) is -0.677. The van der Waals surface area contributed by atoms with Crippen LogP contribution in [0, 0.1) is 15.9 Å². The fraction of sp³-hybridized carbons (Fsp3) is 0.0769. The molecule has 0 aliphatic heterocycles. The highest BCUT2D eigenvalue weighted by atomic mass is 35.5. The maximum atomic E-state index is 13.3. The van der Waals surface area contributed by atoms with Crippen LogP contribution in [0.25, 0.3) is 0 Å². The van der Waals surface area contributed by atoms with Gasteiger partial charge >= 0.3 is 0 Å². The van der Waals surface area contributed by atoms with Crippen molar-refractivity contribution < 1.29 is 9.31 Å². The highest BCUT2D eigenvalue weighted by Crippen LogP contribution is 2.24. The second kappa shape index (κ2) is 6.07. The van der Waals surface area contributed by atoms with Gasteiger partial charge in [-0.1, -0.05) is 29.3 Å². The van der Waals surface area contributed by atoms with Crippen LogP contribution in [-0.2, 0) is 6.54 Å². The SMILES string of the molecule is O=[N+]([O-])c1cc(F)cc(NCc2ccc(Cl)cc2Cl)c1. The van der Waals surface area contributed by atoms with E-state index >= 15 is 0 Å². The first-order valence-electron chi connectivity index (χ1n) is 5.58. The molecule has 0 aliphatic rings. The largest absolute Gasteiger partial charge is 0.381 e. The summed E-state index contributed by atoms with van der Waals surface area (Å²) in [4.78, 5) is 10.00. The first kappa shape index (κ1) is 14.6. The molecule has 0 saturated carbocycles. The van der Waals surface area contributed by atoms with Crippen LogP contribution in [0.15, 0.2) is 36.4 Å². The van der Waals surface area contributed by atoms with Crippen LogP contribution in [0.4, 0.5) is 15.8 Å². The van der Waals surface area contributed by atoms with Crippen LogP contribution in [0.3, 0.4) is 0 Å². The molecule has 0 heterocycles. The summed E-state index contributed by atoms with van der Waals surface area (Å²) in [5.41, 5.74) is 0.750. The molecular formula is C13H9Cl2FN2O2. The van der Waals surface area contributed by atoms with Gasteiger partial charge in [0.1, 0.15) is 5.82 Å². The Morgan fingerprint density at radius 3 is 2.60 bits per heavy atom. The van der Waals surface area contributed by atoms with E-state index in [1.165, 1.54) is 12.1 Å². The molecule has 104 valence electrons. The van der Waals surface area contributed by atoms with Crippen molar-refractivity contribution in [1.29, 1.82) is 0 Å². The van der Waals surface area contributed by atoms with E-state index in [1.807, 2.05) is 0 Å². The lowest BCUT2D eigenvalue weighted by Gasteiger charge is -2.08. The van der Waals surface area contributed by atoms with Crippen LogP contribution < -0.4 is 5.32 Å². The minimum Gasteiger partial charge on any atom is -0.381 e. The molecule has 2 aromatic carbocycles. The Balaban J connectivity index is 2.16. The molecule has 2 rings (SSSR count). The van der Waals surface area contributed by atoms with Crippen molar-refractivity contribution in [2.24, 2.45) is 0 Å². The van der Waals surface area contributed by atoms with Gasteiger partial charge in [0.25, 0.3) is 5.69 Å². The number of anilines is 1. The fourth-order valence-electron chi connectivity index (χ4n) is 1.64. The maximum absolute atomic E-state index is 13.3. The summed E-state index contributed by atoms with van der Waals surface area (Å²) in [5, 5.41) is 14.5. The number of hydrogen-bond donors (Lipinski definition) is 1. The van der Waals surface area contributed by atoms with E-state index in [0.717, 1.165) is 11.6 Å². The Morgan fingerprint density at radius 2 is 1.95 bits per heavy atom. The van der Waals surface area contributed by atoms with Crippen molar-refractivity contribution in [3.63, 3.8) is 0 Å². The molecule has 0 fully saturated rings. The lowest BCUT2D eigenvalue weighted by Crippen LogP contribution is -2.01. The Morgan fingerprint density at radius 1 is 1.20 bits per heavy atom. The highest BCUT2D eigenvalue weighted by Gasteiger charge is 2.10. The van der Waals surface area contributed by atoms with Gasteiger partial charge in [0, 0.05) is 28.3 Å².